The molecule has 3 heteroatoms. The quantitative estimate of drug-likeness (QED) is 0.683. The molecule has 0 saturated heterocycles. The molecule has 1 N–H and O–H groups in total. The molecule has 1 heterocycles. The molecule has 55 valence electrons. The number of aromatic amines is 1. The average molecular weight is 140 g/mol. The van der Waals surface area contributed by atoms with Crippen LogP contribution in [0.2, 0.25) is 0 Å². The fourth-order valence-corrected chi connectivity index (χ4v) is 0.761. The van der Waals surface area contributed by atoms with E-state index in [9.17, 15) is 0 Å². The number of hydrogen-bond donors (Lipinski definition) is 1. The maximum atomic E-state index is 4.91. The lowest BCUT2D eigenvalue weighted by atomic mass is 10.4. The van der Waals surface area contributed by atoms with E-state index in [2.05, 4.69) is 4.98 Å². The van der Waals surface area contributed by atoms with Crippen molar-refractivity contribution in [3.05, 3.63) is 30.3 Å². The first-order valence-corrected chi connectivity index (χ1v) is 2.97. The summed E-state index contributed by atoms with van der Waals surface area (Å²) in [6, 6.07) is 3.76. The summed E-state index contributed by atoms with van der Waals surface area (Å²) in [5.74, 6) is 0. The standard InChI is InChI=1S/C7H10NO2/c1-9-7(10-2)6-4-3-5-8-6/h3-5,8H,1-2H3. The summed E-state index contributed by atoms with van der Waals surface area (Å²) in [6.07, 6.45) is 2.32. The molecule has 0 aliphatic carbocycles. The van der Waals surface area contributed by atoms with Crippen LogP contribution in [0.25, 0.3) is 0 Å². The van der Waals surface area contributed by atoms with Crippen LogP contribution in [0.3, 0.4) is 0 Å². The second-order valence-electron chi connectivity index (χ2n) is 1.78. The maximum absolute atomic E-state index is 4.91. The van der Waals surface area contributed by atoms with Crippen LogP contribution in [-0.4, -0.2) is 19.2 Å². The Morgan fingerprint density at radius 3 is 2.50 bits per heavy atom. The smallest absolute Gasteiger partial charge is 0.272 e. The lowest BCUT2D eigenvalue weighted by molar-refractivity contribution is 0.0248. The van der Waals surface area contributed by atoms with E-state index in [0.29, 0.717) is 6.29 Å². The van der Waals surface area contributed by atoms with Gasteiger partial charge in [0.2, 0.25) is 0 Å². The van der Waals surface area contributed by atoms with Gasteiger partial charge in [0.05, 0.1) is 5.69 Å². The monoisotopic (exact) mass is 140 g/mol. The number of H-pyrrole nitrogens is 1. The molecule has 1 aromatic heterocycles. The van der Waals surface area contributed by atoms with Crippen LogP contribution in [0.15, 0.2) is 18.3 Å². The van der Waals surface area contributed by atoms with Gasteiger partial charge in [-0.2, -0.15) is 0 Å². The molecule has 1 aromatic rings. The molecular formula is C7H10NO2. The Labute approximate surface area is 60.0 Å². The fourth-order valence-electron chi connectivity index (χ4n) is 0.761. The third-order valence-corrected chi connectivity index (χ3v) is 1.19. The minimum atomic E-state index is 0.505. The van der Waals surface area contributed by atoms with Gasteiger partial charge in [0.25, 0.3) is 6.29 Å². The third kappa shape index (κ3) is 1.37. The molecule has 0 aromatic carbocycles. The van der Waals surface area contributed by atoms with Crippen LogP contribution in [0.5, 0.6) is 0 Å². The number of nitrogens with one attached hydrogen (secondary N) is 1. The first-order valence-electron chi connectivity index (χ1n) is 2.97. The van der Waals surface area contributed by atoms with Crippen LogP contribution in [0.4, 0.5) is 0 Å². The number of methoxy groups -OCH3 is 2. The van der Waals surface area contributed by atoms with Gasteiger partial charge < -0.3 is 14.5 Å². The Morgan fingerprint density at radius 2 is 2.10 bits per heavy atom. The number of ether oxygens (including phenoxy) is 2. The minimum Gasteiger partial charge on any atom is -0.360 e. The molecule has 3 nitrogen and oxygen atoms in total. The summed E-state index contributed by atoms with van der Waals surface area (Å²) in [4.78, 5) is 2.95. The van der Waals surface area contributed by atoms with Gasteiger partial charge >= 0.3 is 0 Å². The van der Waals surface area contributed by atoms with E-state index in [4.69, 9.17) is 9.47 Å². The van der Waals surface area contributed by atoms with Crippen LogP contribution in [0.1, 0.15) is 5.69 Å². The predicted octanol–water partition coefficient (Wildman–Crippen LogP) is 1.15. The van der Waals surface area contributed by atoms with E-state index in [1.54, 1.807) is 14.2 Å². The maximum Gasteiger partial charge on any atom is 0.272 e. The molecule has 0 atom stereocenters. The minimum absolute atomic E-state index is 0.505. The Bertz CT molecular complexity index is 168. The molecule has 0 bridgehead atoms. The molecular weight excluding hydrogens is 130 g/mol. The van der Waals surface area contributed by atoms with Gasteiger partial charge in [-0.25, -0.2) is 0 Å². The Morgan fingerprint density at radius 1 is 1.40 bits per heavy atom. The topological polar surface area (TPSA) is 34.2 Å². The van der Waals surface area contributed by atoms with E-state index in [1.165, 1.54) is 0 Å². The van der Waals surface area contributed by atoms with E-state index in [1.807, 2.05) is 18.3 Å². The number of rotatable bonds is 3. The Balaban J connectivity index is 2.64. The molecule has 0 spiro atoms. The molecule has 0 amide bonds. The summed E-state index contributed by atoms with van der Waals surface area (Å²) >= 11 is 0. The van der Waals surface area contributed by atoms with Crippen LogP contribution >= 0.6 is 0 Å². The van der Waals surface area contributed by atoms with Crippen molar-refractivity contribution in [3.8, 4) is 0 Å². The van der Waals surface area contributed by atoms with Crippen molar-refractivity contribution in [2.45, 2.75) is 0 Å². The van der Waals surface area contributed by atoms with Crippen molar-refractivity contribution >= 4 is 0 Å². The first-order chi connectivity index (χ1) is 4.88. The van der Waals surface area contributed by atoms with Crippen molar-refractivity contribution in [1.29, 1.82) is 0 Å². The Kier molecular flexibility index (Phi) is 2.48. The number of hydrogen-bond acceptors (Lipinski definition) is 2. The second kappa shape index (κ2) is 3.39. The van der Waals surface area contributed by atoms with Gasteiger partial charge in [0.15, 0.2) is 0 Å². The van der Waals surface area contributed by atoms with Crippen molar-refractivity contribution < 1.29 is 9.47 Å². The highest BCUT2D eigenvalue weighted by Crippen LogP contribution is 2.12. The highest BCUT2D eigenvalue weighted by atomic mass is 16.7. The summed E-state index contributed by atoms with van der Waals surface area (Å²) in [6.45, 7) is 0. The van der Waals surface area contributed by atoms with Gasteiger partial charge in [-0.1, -0.05) is 0 Å². The zero-order valence-corrected chi connectivity index (χ0v) is 6.05. The van der Waals surface area contributed by atoms with Crippen molar-refractivity contribution in [2.24, 2.45) is 0 Å². The van der Waals surface area contributed by atoms with Crippen molar-refractivity contribution in [3.63, 3.8) is 0 Å². The molecule has 1 rings (SSSR count). The van der Waals surface area contributed by atoms with Gasteiger partial charge in [0.1, 0.15) is 0 Å². The normalized spacial score (nSPS) is 10.7. The SMILES string of the molecule is CO[C](OC)c1ccc[nH]1. The van der Waals surface area contributed by atoms with Crippen LogP contribution in [0, 0.1) is 6.29 Å². The van der Waals surface area contributed by atoms with E-state index in [0.717, 1.165) is 5.69 Å². The zero-order chi connectivity index (χ0) is 7.40. The highest BCUT2D eigenvalue weighted by molar-refractivity contribution is 5.14. The second-order valence-corrected chi connectivity index (χ2v) is 1.78. The average Bonchev–Trinajstić information content (AvgIpc) is 2.43. The lowest BCUT2D eigenvalue weighted by Gasteiger charge is -2.07. The third-order valence-electron chi connectivity index (χ3n) is 1.19. The molecule has 0 saturated carbocycles. The van der Waals surface area contributed by atoms with Gasteiger partial charge in [-0.3, -0.25) is 0 Å². The summed E-state index contributed by atoms with van der Waals surface area (Å²) < 4.78 is 9.81. The summed E-state index contributed by atoms with van der Waals surface area (Å²) in [5.41, 5.74) is 0.852. The lowest BCUT2D eigenvalue weighted by Crippen LogP contribution is -2.04. The van der Waals surface area contributed by atoms with Gasteiger partial charge in [-0.15, -0.1) is 0 Å². The number of aromatic nitrogens is 1. The van der Waals surface area contributed by atoms with E-state index >= 15 is 0 Å². The van der Waals surface area contributed by atoms with Crippen molar-refractivity contribution in [2.75, 3.05) is 14.2 Å². The van der Waals surface area contributed by atoms with Gasteiger partial charge in [-0.05, 0) is 12.1 Å². The zero-order valence-electron chi connectivity index (χ0n) is 6.05. The largest absolute Gasteiger partial charge is 0.360 e. The summed E-state index contributed by atoms with van der Waals surface area (Å²) in [7, 11) is 3.14. The fraction of sp³-hybridized carbons (Fsp3) is 0.286. The summed E-state index contributed by atoms with van der Waals surface area (Å²) in [5, 5.41) is 0. The first kappa shape index (κ1) is 7.31. The molecule has 0 aliphatic rings. The van der Waals surface area contributed by atoms with Crippen molar-refractivity contribution in [1.82, 2.24) is 4.98 Å². The van der Waals surface area contributed by atoms with Gasteiger partial charge in [0, 0.05) is 20.4 Å². The molecule has 10 heavy (non-hydrogen) atoms. The van der Waals surface area contributed by atoms with E-state index < -0.39 is 0 Å². The van der Waals surface area contributed by atoms with Crippen LogP contribution in [-0.2, 0) is 9.47 Å². The molecule has 0 fully saturated rings. The predicted molar refractivity (Wildman–Crippen MR) is 37.2 cm³/mol. The van der Waals surface area contributed by atoms with Crippen LogP contribution < -0.4 is 0 Å². The molecule has 1 radical (unpaired) electrons. The highest BCUT2D eigenvalue weighted by Gasteiger charge is 2.10. The van der Waals surface area contributed by atoms with E-state index in [-0.39, 0.29) is 0 Å². The molecule has 0 aliphatic heterocycles. The Hall–Kier alpha value is -0.800. The molecule has 0 unspecified atom stereocenters.